The van der Waals surface area contributed by atoms with Gasteiger partial charge < -0.3 is 29.2 Å². The predicted molar refractivity (Wildman–Crippen MR) is 176 cm³/mol. The Kier molecular flexibility index (Phi) is 21.0. The van der Waals surface area contributed by atoms with Gasteiger partial charge >= 0.3 is 12.1 Å². The maximum absolute atomic E-state index is 12.6. The third-order valence-corrected chi connectivity index (χ3v) is 7.32. The summed E-state index contributed by atoms with van der Waals surface area (Å²) in [6.45, 7) is 13.3. The molecule has 1 saturated heterocycles. The van der Waals surface area contributed by atoms with E-state index in [0.29, 0.717) is 26.2 Å². The minimum Gasteiger partial charge on any atom is -0.461 e. The van der Waals surface area contributed by atoms with Crippen LogP contribution in [-0.4, -0.2) is 62.6 Å². The van der Waals surface area contributed by atoms with E-state index in [1.807, 2.05) is 18.2 Å². The van der Waals surface area contributed by atoms with E-state index in [4.69, 9.17) is 18.9 Å². The number of hydrogen-bond donors (Lipinski definition) is 1. The molecule has 0 spiro atoms. The average Bonchev–Trinajstić information content (AvgIpc) is 3.53. The van der Waals surface area contributed by atoms with Crippen LogP contribution in [-0.2, 0) is 37.0 Å². The Morgan fingerprint density at radius 1 is 0.864 bits per heavy atom. The average molecular weight is 614 g/mol. The quantitative estimate of drug-likeness (QED) is 0.0555. The highest BCUT2D eigenvalue weighted by atomic mass is 16.7. The molecule has 1 aromatic rings. The molecule has 0 saturated carbocycles. The molecule has 1 aromatic carbocycles. The molecule has 1 radical (unpaired) electrons. The van der Waals surface area contributed by atoms with Crippen LogP contribution < -0.4 is 5.32 Å². The van der Waals surface area contributed by atoms with Crippen molar-refractivity contribution < 1.29 is 28.5 Å². The predicted octanol–water partition coefficient (Wildman–Crippen LogP) is 7.65. The Balaban J connectivity index is 1.74. The lowest BCUT2D eigenvalue weighted by molar-refractivity contribution is -0.158. The zero-order valence-electron chi connectivity index (χ0n) is 27.4. The number of allylic oxidation sites excluding steroid dienone is 2. The third-order valence-electron chi connectivity index (χ3n) is 7.32. The molecule has 0 unspecified atom stereocenters. The highest BCUT2D eigenvalue weighted by Gasteiger charge is 2.14. The van der Waals surface area contributed by atoms with Gasteiger partial charge in [-0.1, -0.05) is 76.0 Å². The van der Waals surface area contributed by atoms with Gasteiger partial charge in [-0.2, -0.15) is 0 Å². The molecule has 0 aromatic heterocycles. The molecule has 1 amide bonds. The molecule has 8 heteroatoms. The van der Waals surface area contributed by atoms with Crippen LogP contribution in [0.25, 0.3) is 0 Å². The van der Waals surface area contributed by atoms with Crippen molar-refractivity contribution in [1.82, 2.24) is 10.2 Å². The highest BCUT2D eigenvalue weighted by molar-refractivity contribution is 5.69. The number of hydrogen-bond acceptors (Lipinski definition) is 7. The van der Waals surface area contributed by atoms with Crippen molar-refractivity contribution >= 4 is 12.1 Å². The normalized spacial score (nSPS) is 13.8. The summed E-state index contributed by atoms with van der Waals surface area (Å²) < 4.78 is 22.9. The summed E-state index contributed by atoms with van der Waals surface area (Å²) in [5.41, 5.74) is 2.36. The molecule has 247 valence electrons. The number of nitrogens with zero attached hydrogens (tertiary/aromatic N) is 1. The lowest BCUT2D eigenvalue weighted by Gasteiger charge is -2.18. The van der Waals surface area contributed by atoms with Crippen molar-refractivity contribution in [2.75, 3.05) is 39.4 Å². The van der Waals surface area contributed by atoms with Crippen molar-refractivity contribution in [3.05, 3.63) is 66.1 Å². The number of unbranched alkanes of at least 4 members (excludes halogenated alkanes) is 4. The lowest BCUT2D eigenvalue weighted by Crippen LogP contribution is -2.33. The van der Waals surface area contributed by atoms with Crippen molar-refractivity contribution in [2.24, 2.45) is 0 Å². The van der Waals surface area contributed by atoms with E-state index in [2.05, 4.69) is 55.3 Å². The van der Waals surface area contributed by atoms with Gasteiger partial charge in [-0.3, -0.25) is 4.79 Å². The van der Waals surface area contributed by atoms with E-state index in [9.17, 15) is 9.59 Å². The van der Waals surface area contributed by atoms with E-state index in [1.54, 1.807) is 0 Å². The van der Waals surface area contributed by atoms with E-state index >= 15 is 0 Å². The summed E-state index contributed by atoms with van der Waals surface area (Å²) >= 11 is 0. The Morgan fingerprint density at radius 3 is 2.02 bits per heavy atom. The van der Waals surface area contributed by atoms with Crippen molar-refractivity contribution in [3.63, 3.8) is 0 Å². The molecular formula is C36H57N2O6. The van der Waals surface area contributed by atoms with Gasteiger partial charge in [0.05, 0.1) is 19.6 Å². The summed E-state index contributed by atoms with van der Waals surface area (Å²) in [6.07, 6.45) is 19.5. The number of alkyl carbamates (subject to hydrolysis) is 1. The second-order valence-corrected chi connectivity index (χ2v) is 11.4. The van der Waals surface area contributed by atoms with Crippen molar-refractivity contribution in [1.29, 1.82) is 0 Å². The van der Waals surface area contributed by atoms with Crippen molar-refractivity contribution in [2.45, 2.75) is 110 Å². The fourth-order valence-electron chi connectivity index (χ4n) is 4.87. The molecule has 44 heavy (non-hydrogen) atoms. The van der Waals surface area contributed by atoms with Gasteiger partial charge in [-0.05, 0) is 81.3 Å². The zero-order valence-corrected chi connectivity index (χ0v) is 27.4. The number of benzene rings is 1. The van der Waals surface area contributed by atoms with Gasteiger partial charge in [-0.25, -0.2) is 4.79 Å². The van der Waals surface area contributed by atoms with Crippen molar-refractivity contribution in [3.8, 4) is 0 Å². The summed E-state index contributed by atoms with van der Waals surface area (Å²) in [5.74, 6) is -0.314. The SMILES string of the molecule is [CH2]c1cc(COC(=O)CCC(OCC/C=C\CCCC)OCC/C=C\CCCC)cc(COC(=O)NCCN2CCCC2)c1. The highest BCUT2D eigenvalue weighted by Crippen LogP contribution is 2.14. The standard InChI is InChI=1S/C36H57N2O6/c1-4-6-8-10-12-16-24-41-35(42-25-17-13-11-9-7-5-2)19-18-34(39)43-29-32-26-31(3)27-33(28-32)30-44-36(40)37-20-23-38-21-14-15-22-38/h10-13,26-28,35H,3-9,14-25,29-30H2,1-2H3,(H,37,40)/b12-10-,13-11-. The van der Waals surface area contributed by atoms with Crippen LogP contribution in [0.1, 0.15) is 108 Å². The Labute approximate surface area is 266 Å². The van der Waals surface area contributed by atoms with Gasteiger partial charge in [-0.15, -0.1) is 0 Å². The van der Waals surface area contributed by atoms with Crippen LogP contribution in [0, 0.1) is 6.92 Å². The van der Waals surface area contributed by atoms with Gasteiger partial charge in [0.15, 0.2) is 6.29 Å². The maximum atomic E-state index is 12.6. The van der Waals surface area contributed by atoms with E-state index in [1.165, 1.54) is 38.5 Å². The summed E-state index contributed by atoms with van der Waals surface area (Å²) in [6, 6.07) is 5.60. The summed E-state index contributed by atoms with van der Waals surface area (Å²) in [4.78, 5) is 27.0. The summed E-state index contributed by atoms with van der Waals surface area (Å²) in [5, 5.41) is 2.81. The molecule has 2 rings (SSSR count). The molecule has 1 aliphatic rings. The number of carbonyl (C=O) groups is 2. The van der Waals surface area contributed by atoms with Crippen LogP contribution >= 0.6 is 0 Å². The first-order chi connectivity index (χ1) is 21.5. The van der Waals surface area contributed by atoms with E-state index in [0.717, 1.165) is 62.0 Å². The number of carbonyl (C=O) groups excluding carboxylic acids is 2. The molecule has 1 N–H and O–H groups in total. The van der Waals surface area contributed by atoms with Gasteiger partial charge in [0.2, 0.25) is 0 Å². The van der Waals surface area contributed by atoms with Gasteiger partial charge in [0.1, 0.15) is 13.2 Å². The summed E-state index contributed by atoms with van der Waals surface area (Å²) in [7, 11) is 0. The zero-order chi connectivity index (χ0) is 31.7. The molecule has 0 atom stereocenters. The Bertz CT molecular complexity index is 949. The molecule has 1 fully saturated rings. The van der Waals surface area contributed by atoms with E-state index < -0.39 is 12.4 Å². The number of esters is 1. The largest absolute Gasteiger partial charge is 0.461 e. The molecule has 0 aliphatic carbocycles. The fraction of sp³-hybridized carbons (Fsp3) is 0.639. The topological polar surface area (TPSA) is 86.3 Å². The second-order valence-electron chi connectivity index (χ2n) is 11.4. The number of nitrogens with one attached hydrogen (secondary N) is 1. The minimum absolute atomic E-state index is 0.120. The van der Waals surface area contributed by atoms with Crippen LogP contribution in [0.5, 0.6) is 0 Å². The Hall–Kier alpha value is -2.68. The molecule has 8 nitrogen and oxygen atoms in total. The van der Waals surface area contributed by atoms with Crippen LogP contribution in [0.2, 0.25) is 0 Å². The monoisotopic (exact) mass is 613 g/mol. The Morgan fingerprint density at radius 2 is 1.43 bits per heavy atom. The van der Waals surface area contributed by atoms with E-state index in [-0.39, 0.29) is 25.6 Å². The second kappa shape index (κ2) is 24.6. The first kappa shape index (κ1) is 37.5. The molecule has 0 bridgehead atoms. The lowest BCUT2D eigenvalue weighted by atomic mass is 10.1. The molecular weight excluding hydrogens is 556 g/mol. The number of rotatable bonds is 24. The molecule has 1 aliphatic heterocycles. The maximum Gasteiger partial charge on any atom is 0.407 e. The fourth-order valence-corrected chi connectivity index (χ4v) is 4.87. The van der Waals surface area contributed by atoms with Crippen LogP contribution in [0.15, 0.2) is 42.5 Å². The smallest absolute Gasteiger partial charge is 0.407 e. The first-order valence-corrected chi connectivity index (χ1v) is 16.8. The van der Waals surface area contributed by atoms with Gasteiger partial charge in [0, 0.05) is 19.5 Å². The number of amides is 1. The minimum atomic E-state index is -0.455. The number of ether oxygens (including phenoxy) is 4. The third kappa shape index (κ3) is 18.9. The van der Waals surface area contributed by atoms with Crippen LogP contribution in [0.3, 0.4) is 0 Å². The molecule has 1 heterocycles. The number of likely N-dealkylation sites (tertiary alicyclic amines) is 1. The first-order valence-electron chi connectivity index (χ1n) is 16.8. The van der Waals surface area contributed by atoms with Gasteiger partial charge in [0.25, 0.3) is 0 Å². The van der Waals surface area contributed by atoms with Crippen LogP contribution in [0.4, 0.5) is 4.79 Å².